The molecule has 4 aromatic carbocycles. The SMILES string of the molecule is Cc1ccccc1N1CCC(CCc2ccc(C(=O)NCc3cccc4ccccc34)cc2NC(=O)c2ccco2)CC1. The Kier molecular flexibility index (Phi) is 8.55. The summed E-state index contributed by atoms with van der Waals surface area (Å²) in [6.45, 7) is 4.69. The van der Waals surface area contributed by atoms with Crippen molar-refractivity contribution in [2.24, 2.45) is 5.92 Å². The number of nitrogens with zero attached hydrogens (tertiary/aromatic N) is 1. The van der Waals surface area contributed by atoms with Crippen LogP contribution in [0.15, 0.2) is 108 Å². The lowest BCUT2D eigenvalue weighted by Crippen LogP contribution is -2.34. The van der Waals surface area contributed by atoms with Crippen LogP contribution in [0.1, 0.15) is 56.9 Å². The van der Waals surface area contributed by atoms with E-state index in [4.69, 9.17) is 4.42 Å². The van der Waals surface area contributed by atoms with Gasteiger partial charge in [0.1, 0.15) is 0 Å². The summed E-state index contributed by atoms with van der Waals surface area (Å²) in [5.41, 5.74) is 5.88. The summed E-state index contributed by atoms with van der Waals surface area (Å²) < 4.78 is 5.32. The van der Waals surface area contributed by atoms with E-state index in [0.29, 0.717) is 23.7 Å². The van der Waals surface area contributed by atoms with E-state index in [9.17, 15) is 9.59 Å². The lowest BCUT2D eigenvalue weighted by Gasteiger charge is -2.34. The first-order valence-electron chi connectivity index (χ1n) is 15.1. The molecule has 1 aromatic heterocycles. The zero-order valence-electron chi connectivity index (χ0n) is 24.5. The number of piperidine rings is 1. The van der Waals surface area contributed by atoms with E-state index in [1.54, 1.807) is 18.2 Å². The van der Waals surface area contributed by atoms with E-state index in [-0.39, 0.29) is 17.6 Å². The highest BCUT2D eigenvalue weighted by molar-refractivity contribution is 6.04. The van der Waals surface area contributed by atoms with Gasteiger partial charge in [0.2, 0.25) is 0 Å². The Morgan fingerprint density at radius 1 is 0.837 bits per heavy atom. The maximum atomic E-state index is 13.3. The summed E-state index contributed by atoms with van der Waals surface area (Å²) in [7, 11) is 0. The van der Waals surface area contributed by atoms with Crippen LogP contribution in [0.2, 0.25) is 0 Å². The minimum absolute atomic E-state index is 0.184. The largest absolute Gasteiger partial charge is 0.459 e. The normalized spacial score (nSPS) is 13.7. The van der Waals surface area contributed by atoms with Gasteiger partial charge in [-0.05, 0) is 96.3 Å². The Morgan fingerprint density at radius 2 is 1.63 bits per heavy atom. The van der Waals surface area contributed by atoms with Crippen LogP contribution >= 0.6 is 0 Å². The molecule has 0 atom stereocenters. The van der Waals surface area contributed by atoms with E-state index >= 15 is 0 Å². The van der Waals surface area contributed by atoms with Crippen LogP contribution in [0.3, 0.4) is 0 Å². The Bertz CT molecular complexity index is 1710. The second-order valence-corrected chi connectivity index (χ2v) is 11.4. The van der Waals surface area contributed by atoms with Gasteiger partial charge in [0.05, 0.1) is 6.26 Å². The molecule has 0 radical (unpaired) electrons. The molecule has 1 fully saturated rings. The van der Waals surface area contributed by atoms with Gasteiger partial charge in [0, 0.05) is 36.6 Å². The molecule has 0 aliphatic carbocycles. The summed E-state index contributed by atoms with van der Waals surface area (Å²) >= 11 is 0. The quantitative estimate of drug-likeness (QED) is 0.190. The maximum Gasteiger partial charge on any atom is 0.291 e. The number of benzene rings is 4. The highest BCUT2D eigenvalue weighted by Gasteiger charge is 2.21. The third-order valence-electron chi connectivity index (χ3n) is 8.58. The average Bonchev–Trinajstić information content (AvgIpc) is 3.59. The molecule has 0 bridgehead atoms. The lowest BCUT2D eigenvalue weighted by atomic mass is 9.89. The summed E-state index contributed by atoms with van der Waals surface area (Å²) in [5, 5.41) is 8.34. The molecule has 218 valence electrons. The zero-order chi connectivity index (χ0) is 29.6. The fraction of sp³-hybridized carbons (Fsp3) is 0.243. The zero-order valence-corrected chi connectivity index (χ0v) is 24.5. The van der Waals surface area contributed by atoms with Crippen molar-refractivity contribution < 1.29 is 14.0 Å². The molecule has 2 heterocycles. The molecule has 1 aliphatic heterocycles. The van der Waals surface area contributed by atoms with Gasteiger partial charge in [-0.3, -0.25) is 9.59 Å². The third-order valence-corrected chi connectivity index (χ3v) is 8.58. The number of amides is 2. The molecule has 2 N–H and O–H groups in total. The van der Waals surface area contributed by atoms with Crippen molar-refractivity contribution in [2.45, 2.75) is 39.2 Å². The monoisotopic (exact) mass is 571 g/mol. The topological polar surface area (TPSA) is 74.6 Å². The number of aryl methyl sites for hydroxylation is 2. The number of hydrogen-bond donors (Lipinski definition) is 2. The summed E-state index contributed by atoms with van der Waals surface area (Å²) in [6, 6.07) is 31.8. The van der Waals surface area contributed by atoms with Gasteiger partial charge in [0.15, 0.2) is 5.76 Å². The Hall–Kier alpha value is -4.84. The first kappa shape index (κ1) is 28.3. The minimum atomic E-state index is -0.328. The number of para-hydroxylation sites is 1. The molecule has 0 spiro atoms. The number of hydrogen-bond acceptors (Lipinski definition) is 4. The standard InChI is InChI=1S/C37H37N3O3/c1-26-8-2-5-13-34(26)40-21-19-27(20-22-40)15-16-29-17-18-30(24-33(29)39-37(42)35-14-7-23-43-35)36(41)38-25-31-11-6-10-28-9-3-4-12-32(28)31/h2-14,17-18,23-24,27H,15-16,19-22,25H2,1H3,(H,38,41)(H,39,42). The molecule has 43 heavy (non-hydrogen) atoms. The highest BCUT2D eigenvalue weighted by atomic mass is 16.3. The van der Waals surface area contributed by atoms with Gasteiger partial charge in [-0.1, -0.05) is 66.7 Å². The van der Waals surface area contributed by atoms with E-state index in [1.165, 1.54) is 17.5 Å². The van der Waals surface area contributed by atoms with Crippen LogP contribution in [-0.4, -0.2) is 24.9 Å². The van der Waals surface area contributed by atoms with Crippen molar-refractivity contribution in [3.05, 3.63) is 131 Å². The van der Waals surface area contributed by atoms with Crippen molar-refractivity contribution in [2.75, 3.05) is 23.3 Å². The Balaban J connectivity index is 1.14. The number of anilines is 2. The Labute approximate surface area is 252 Å². The number of nitrogens with one attached hydrogen (secondary N) is 2. The maximum absolute atomic E-state index is 13.3. The molecular formula is C37H37N3O3. The molecule has 1 aliphatic rings. The number of fused-ring (bicyclic) bond motifs is 1. The van der Waals surface area contributed by atoms with Crippen molar-refractivity contribution in [3.63, 3.8) is 0 Å². The van der Waals surface area contributed by atoms with Gasteiger partial charge in [-0.25, -0.2) is 0 Å². The van der Waals surface area contributed by atoms with Crippen LogP contribution in [-0.2, 0) is 13.0 Å². The second-order valence-electron chi connectivity index (χ2n) is 11.4. The molecule has 2 amide bonds. The van der Waals surface area contributed by atoms with Crippen molar-refractivity contribution in [3.8, 4) is 0 Å². The highest BCUT2D eigenvalue weighted by Crippen LogP contribution is 2.30. The number of carbonyl (C=O) groups is 2. The second kappa shape index (κ2) is 13.0. The number of carbonyl (C=O) groups excluding carboxylic acids is 2. The summed E-state index contributed by atoms with van der Waals surface area (Å²) in [6.07, 6.45) is 5.60. The van der Waals surface area contributed by atoms with E-state index in [2.05, 4.69) is 64.9 Å². The molecule has 0 unspecified atom stereocenters. The average molecular weight is 572 g/mol. The molecule has 5 aromatic rings. The van der Waals surface area contributed by atoms with Crippen LogP contribution in [0.4, 0.5) is 11.4 Å². The van der Waals surface area contributed by atoms with Gasteiger partial charge >= 0.3 is 0 Å². The molecule has 6 heteroatoms. The van der Waals surface area contributed by atoms with Gasteiger partial charge in [-0.15, -0.1) is 0 Å². The summed E-state index contributed by atoms with van der Waals surface area (Å²) in [5.74, 6) is 0.334. The van der Waals surface area contributed by atoms with E-state index in [0.717, 1.165) is 60.7 Å². The number of furan rings is 1. The van der Waals surface area contributed by atoms with Crippen LogP contribution in [0, 0.1) is 12.8 Å². The first-order valence-corrected chi connectivity index (χ1v) is 15.1. The molecule has 6 rings (SSSR count). The van der Waals surface area contributed by atoms with Gasteiger partial charge in [-0.2, -0.15) is 0 Å². The molecule has 0 saturated carbocycles. The van der Waals surface area contributed by atoms with E-state index in [1.807, 2.05) is 36.4 Å². The van der Waals surface area contributed by atoms with Crippen LogP contribution in [0.5, 0.6) is 0 Å². The van der Waals surface area contributed by atoms with Crippen molar-refractivity contribution in [1.29, 1.82) is 0 Å². The Morgan fingerprint density at radius 3 is 2.44 bits per heavy atom. The molecule has 6 nitrogen and oxygen atoms in total. The first-order chi connectivity index (χ1) is 21.0. The third kappa shape index (κ3) is 6.64. The van der Waals surface area contributed by atoms with Crippen molar-refractivity contribution >= 4 is 34.0 Å². The fourth-order valence-corrected chi connectivity index (χ4v) is 6.11. The fourth-order valence-electron chi connectivity index (χ4n) is 6.11. The van der Waals surface area contributed by atoms with Gasteiger partial charge in [0.25, 0.3) is 11.8 Å². The number of rotatable bonds is 9. The predicted molar refractivity (Wildman–Crippen MR) is 173 cm³/mol. The summed E-state index contributed by atoms with van der Waals surface area (Å²) in [4.78, 5) is 28.7. The molecular weight excluding hydrogens is 534 g/mol. The lowest BCUT2D eigenvalue weighted by molar-refractivity contribution is 0.0949. The predicted octanol–water partition coefficient (Wildman–Crippen LogP) is 7.77. The van der Waals surface area contributed by atoms with Crippen LogP contribution in [0.25, 0.3) is 10.8 Å². The molecule has 1 saturated heterocycles. The smallest absolute Gasteiger partial charge is 0.291 e. The van der Waals surface area contributed by atoms with Crippen LogP contribution < -0.4 is 15.5 Å². The van der Waals surface area contributed by atoms with Gasteiger partial charge < -0.3 is 20.0 Å². The van der Waals surface area contributed by atoms with Crippen molar-refractivity contribution in [1.82, 2.24) is 5.32 Å². The van der Waals surface area contributed by atoms with E-state index < -0.39 is 0 Å². The minimum Gasteiger partial charge on any atom is -0.459 e.